The topological polar surface area (TPSA) is 92.7 Å². The molecule has 3 rings (SSSR count). The number of carbonyl (C=O) groups is 1. The van der Waals surface area contributed by atoms with E-state index in [1.807, 2.05) is 31.2 Å². The van der Waals surface area contributed by atoms with Crippen molar-refractivity contribution in [1.82, 2.24) is 10.3 Å². The minimum absolute atomic E-state index is 0.424. The molecule has 0 amide bonds. The summed E-state index contributed by atoms with van der Waals surface area (Å²) in [5, 5.41) is 16.1. The number of aromatic nitrogens is 1. The fourth-order valence-corrected chi connectivity index (χ4v) is 3.06. The maximum atomic E-state index is 12.0. The molecule has 0 saturated carbocycles. The summed E-state index contributed by atoms with van der Waals surface area (Å²) >= 11 is 0. The summed E-state index contributed by atoms with van der Waals surface area (Å²) in [5.74, 6) is -0.104. The molecule has 0 spiro atoms. The molecule has 3 N–H and O–H groups in total. The van der Waals surface area contributed by atoms with Crippen molar-refractivity contribution in [3.63, 3.8) is 0 Å². The van der Waals surface area contributed by atoms with Crippen LogP contribution in [0.3, 0.4) is 0 Å². The number of carboxylic acids is 1. The zero-order valence-corrected chi connectivity index (χ0v) is 15.3. The number of rotatable bonds is 5. The Balaban J connectivity index is 2.19. The number of anilines is 1. The Morgan fingerprint density at radius 1 is 1.11 bits per heavy atom. The standard InChI is InChI=1S/C20H21N3O4/c1-12(22-13-8-10-21-11-9-13)16-19(27-3)18(26-2)15-7-5-4-6-14(15)17(23-16)20(24)25/h4-11,17,23H,1-3H3,(H,21,22)(H,24,25)/b16-12+. The number of benzene rings is 1. The number of nitrogens with zero attached hydrogens (tertiary/aromatic N) is 1. The van der Waals surface area contributed by atoms with Crippen LogP contribution in [0.15, 0.2) is 65.9 Å². The van der Waals surface area contributed by atoms with Crippen LogP contribution in [-0.2, 0) is 14.3 Å². The molecule has 2 heterocycles. The van der Waals surface area contributed by atoms with Crippen LogP contribution >= 0.6 is 0 Å². The van der Waals surface area contributed by atoms with Gasteiger partial charge < -0.3 is 25.2 Å². The molecule has 0 fully saturated rings. The van der Waals surface area contributed by atoms with Gasteiger partial charge >= 0.3 is 5.97 Å². The van der Waals surface area contributed by atoms with Crippen molar-refractivity contribution in [3.8, 4) is 0 Å². The number of aliphatic carboxylic acids is 1. The zero-order chi connectivity index (χ0) is 19.4. The van der Waals surface area contributed by atoms with Gasteiger partial charge in [0, 0.05) is 29.3 Å². The third-order valence-electron chi connectivity index (χ3n) is 4.28. The lowest BCUT2D eigenvalue weighted by atomic mass is 10.00. The van der Waals surface area contributed by atoms with Gasteiger partial charge in [-0.25, -0.2) is 4.79 Å². The molecule has 0 aliphatic carbocycles. The normalized spacial score (nSPS) is 18.0. The van der Waals surface area contributed by atoms with Crippen molar-refractivity contribution in [2.45, 2.75) is 13.0 Å². The zero-order valence-electron chi connectivity index (χ0n) is 15.3. The van der Waals surface area contributed by atoms with Gasteiger partial charge in [-0.1, -0.05) is 24.3 Å². The maximum Gasteiger partial charge on any atom is 0.330 e. The second-order valence-corrected chi connectivity index (χ2v) is 5.93. The summed E-state index contributed by atoms with van der Waals surface area (Å²) in [7, 11) is 3.06. The molecular formula is C20H21N3O4. The van der Waals surface area contributed by atoms with E-state index in [4.69, 9.17) is 9.47 Å². The van der Waals surface area contributed by atoms with E-state index in [2.05, 4.69) is 15.6 Å². The van der Waals surface area contributed by atoms with Crippen molar-refractivity contribution >= 4 is 17.4 Å². The van der Waals surface area contributed by atoms with E-state index in [0.29, 0.717) is 34.0 Å². The van der Waals surface area contributed by atoms with Crippen LogP contribution in [0.25, 0.3) is 5.76 Å². The van der Waals surface area contributed by atoms with Gasteiger partial charge in [0.2, 0.25) is 0 Å². The summed E-state index contributed by atoms with van der Waals surface area (Å²) in [6.07, 6.45) is 3.34. The van der Waals surface area contributed by atoms with Gasteiger partial charge in [-0.05, 0) is 24.6 Å². The molecular weight excluding hydrogens is 346 g/mol. The van der Waals surface area contributed by atoms with Crippen LogP contribution in [0.2, 0.25) is 0 Å². The quantitative estimate of drug-likeness (QED) is 0.748. The molecule has 0 bridgehead atoms. The SMILES string of the molecule is COC1=C(OC)c2ccccc2C(C(=O)O)N/C1=C(\C)Nc1ccncc1. The highest BCUT2D eigenvalue weighted by atomic mass is 16.5. The monoisotopic (exact) mass is 367 g/mol. The van der Waals surface area contributed by atoms with Crippen molar-refractivity contribution in [2.75, 3.05) is 19.5 Å². The summed E-state index contributed by atoms with van der Waals surface area (Å²) in [6.45, 7) is 1.84. The fourth-order valence-electron chi connectivity index (χ4n) is 3.06. The molecule has 7 heteroatoms. The Kier molecular flexibility index (Phi) is 5.30. The number of ether oxygens (including phenoxy) is 2. The molecule has 27 heavy (non-hydrogen) atoms. The Labute approximate surface area is 157 Å². The van der Waals surface area contributed by atoms with Gasteiger partial charge in [0.1, 0.15) is 5.70 Å². The van der Waals surface area contributed by atoms with Gasteiger partial charge in [-0.3, -0.25) is 4.98 Å². The first-order valence-electron chi connectivity index (χ1n) is 8.36. The summed E-state index contributed by atoms with van der Waals surface area (Å²) in [5.41, 5.74) is 3.29. The minimum Gasteiger partial charge on any atom is -0.492 e. The Hall–Kier alpha value is -3.48. The van der Waals surface area contributed by atoms with E-state index in [1.54, 1.807) is 24.5 Å². The lowest BCUT2D eigenvalue weighted by molar-refractivity contribution is -0.139. The Bertz CT molecular complexity index is 906. The second-order valence-electron chi connectivity index (χ2n) is 5.93. The number of carboxylic acid groups (broad SMARTS) is 1. The van der Waals surface area contributed by atoms with E-state index >= 15 is 0 Å². The van der Waals surface area contributed by atoms with E-state index in [0.717, 1.165) is 5.69 Å². The van der Waals surface area contributed by atoms with Gasteiger partial charge in [-0.15, -0.1) is 0 Å². The molecule has 1 atom stereocenters. The van der Waals surface area contributed by atoms with Crippen LogP contribution < -0.4 is 10.6 Å². The Morgan fingerprint density at radius 3 is 2.41 bits per heavy atom. The van der Waals surface area contributed by atoms with E-state index < -0.39 is 12.0 Å². The van der Waals surface area contributed by atoms with Crippen molar-refractivity contribution in [2.24, 2.45) is 0 Å². The molecule has 1 aliphatic heterocycles. The summed E-state index contributed by atoms with van der Waals surface area (Å²) in [4.78, 5) is 16.0. The average molecular weight is 367 g/mol. The van der Waals surface area contributed by atoms with Crippen molar-refractivity contribution in [1.29, 1.82) is 0 Å². The number of hydrogen-bond acceptors (Lipinski definition) is 6. The largest absolute Gasteiger partial charge is 0.492 e. The van der Waals surface area contributed by atoms with Gasteiger partial charge in [0.15, 0.2) is 17.6 Å². The van der Waals surface area contributed by atoms with Crippen LogP contribution in [0.4, 0.5) is 5.69 Å². The highest BCUT2D eigenvalue weighted by Crippen LogP contribution is 2.35. The van der Waals surface area contributed by atoms with E-state index in [9.17, 15) is 9.90 Å². The number of allylic oxidation sites excluding steroid dienone is 1. The first kappa shape index (κ1) is 18.3. The highest BCUT2D eigenvalue weighted by molar-refractivity contribution is 5.82. The third kappa shape index (κ3) is 3.57. The first-order valence-corrected chi connectivity index (χ1v) is 8.36. The molecule has 140 valence electrons. The van der Waals surface area contributed by atoms with Gasteiger partial charge in [-0.2, -0.15) is 0 Å². The molecule has 0 saturated heterocycles. The van der Waals surface area contributed by atoms with E-state index in [-0.39, 0.29) is 0 Å². The molecule has 7 nitrogen and oxygen atoms in total. The molecule has 1 aromatic carbocycles. The summed E-state index contributed by atoms with van der Waals surface area (Å²) < 4.78 is 11.2. The molecule has 2 aromatic rings. The molecule has 0 radical (unpaired) electrons. The molecule has 1 aliphatic rings. The third-order valence-corrected chi connectivity index (χ3v) is 4.28. The lowest BCUT2D eigenvalue weighted by Gasteiger charge is -2.20. The van der Waals surface area contributed by atoms with Gasteiger partial charge in [0.05, 0.1) is 14.2 Å². The van der Waals surface area contributed by atoms with E-state index in [1.165, 1.54) is 14.2 Å². The van der Waals surface area contributed by atoms with Crippen LogP contribution in [-0.4, -0.2) is 30.3 Å². The molecule has 1 unspecified atom stereocenters. The predicted molar refractivity (Wildman–Crippen MR) is 101 cm³/mol. The molecule has 1 aromatic heterocycles. The first-order chi connectivity index (χ1) is 13.1. The summed E-state index contributed by atoms with van der Waals surface area (Å²) in [6, 6.07) is 9.90. The number of methoxy groups -OCH3 is 2. The van der Waals surface area contributed by atoms with Crippen LogP contribution in [0, 0.1) is 0 Å². The van der Waals surface area contributed by atoms with Gasteiger partial charge in [0.25, 0.3) is 0 Å². The van der Waals surface area contributed by atoms with Crippen molar-refractivity contribution in [3.05, 3.63) is 77.1 Å². The predicted octanol–water partition coefficient (Wildman–Crippen LogP) is 3.12. The number of fused-ring (bicyclic) bond motifs is 1. The Morgan fingerprint density at radius 2 is 1.78 bits per heavy atom. The maximum absolute atomic E-state index is 12.0. The lowest BCUT2D eigenvalue weighted by Crippen LogP contribution is -2.29. The second kappa shape index (κ2) is 7.82. The average Bonchev–Trinajstić information content (AvgIpc) is 2.82. The minimum atomic E-state index is -0.996. The van der Waals surface area contributed by atoms with Crippen LogP contribution in [0.1, 0.15) is 24.1 Å². The number of hydrogen-bond donors (Lipinski definition) is 3. The fraction of sp³-hybridized carbons (Fsp3) is 0.200. The number of pyridine rings is 1. The van der Waals surface area contributed by atoms with Crippen LogP contribution in [0.5, 0.6) is 0 Å². The smallest absolute Gasteiger partial charge is 0.330 e. The highest BCUT2D eigenvalue weighted by Gasteiger charge is 2.32. The van der Waals surface area contributed by atoms with Crippen molar-refractivity contribution < 1.29 is 19.4 Å². The number of nitrogens with one attached hydrogen (secondary N) is 2.